The summed E-state index contributed by atoms with van der Waals surface area (Å²) in [7, 11) is 0. The van der Waals surface area contributed by atoms with E-state index in [0.29, 0.717) is 12.8 Å². The van der Waals surface area contributed by atoms with Crippen LogP contribution in [0.4, 0.5) is 0 Å². The van der Waals surface area contributed by atoms with Crippen LogP contribution in [-0.4, -0.2) is 44.3 Å². The van der Waals surface area contributed by atoms with Gasteiger partial charge in [0.2, 0.25) is 0 Å². The predicted octanol–water partition coefficient (Wildman–Crippen LogP) is 21.2. The van der Waals surface area contributed by atoms with E-state index in [0.717, 1.165) is 38.5 Å². The quantitative estimate of drug-likeness (QED) is 0.0348. The number of hydrogen-bond donors (Lipinski definition) is 4. The second-order valence-electron chi connectivity index (χ2n) is 22.2. The Morgan fingerprint density at radius 1 is 0.361 bits per heavy atom. The van der Waals surface area contributed by atoms with Crippen LogP contribution < -0.4 is 0 Å². The highest BCUT2D eigenvalue weighted by molar-refractivity contribution is 5.73. The Bertz CT molecular complexity index is 1150. The van der Waals surface area contributed by atoms with Gasteiger partial charge in [0.05, 0.1) is 23.2 Å². The lowest BCUT2D eigenvalue weighted by molar-refractivity contribution is -0.147. The van der Waals surface area contributed by atoms with E-state index >= 15 is 0 Å². The Balaban J connectivity index is -0.000000526. The smallest absolute Gasteiger partial charge is 0.309 e. The summed E-state index contributed by atoms with van der Waals surface area (Å²) >= 11 is 0. The molecule has 2 atom stereocenters. The first-order valence-corrected chi connectivity index (χ1v) is 30.7. The van der Waals surface area contributed by atoms with Gasteiger partial charge in [0, 0.05) is 0 Å². The molecule has 0 saturated carbocycles. The number of aliphatic carboxylic acids is 4. The van der Waals surface area contributed by atoms with Crippen molar-refractivity contribution in [3.05, 3.63) is 25.3 Å². The van der Waals surface area contributed by atoms with E-state index in [-0.39, 0.29) is 17.8 Å². The van der Waals surface area contributed by atoms with Gasteiger partial charge < -0.3 is 20.4 Å². The first-order chi connectivity index (χ1) is 34.6. The summed E-state index contributed by atoms with van der Waals surface area (Å²) in [5.74, 6) is -3.29. The molecule has 0 amide bonds. The molecule has 0 aromatic carbocycles. The highest BCUT2D eigenvalue weighted by atomic mass is 16.4. The Morgan fingerprint density at radius 2 is 0.597 bits per heavy atom. The molecular formula is C64H124O8. The second kappa shape index (κ2) is 60.9. The summed E-state index contributed by atoms with van der Waals surface area (Å²) in [6.07, 6.45) is 61.0. The molecular weight excluding hydrogens is 897 g/mol. The van der Waals surface area contributed by atoms with E-state index in [9.17, 15) is 24.3 Å². The van der Waals surface area contributed by atoms with E-state index < -0.39 is 29.3 Å². The van der Waals surface area contributed by atoms with Gasteiger partial charge in [-0.05, 0) is 46.0 Å². The van der Waals surface area contributed by atoms with Gasteiger partial charge in [0.25, 0.3) is 0 Å². The predicted molar refractivity (Wildman–Crippen MR) is 311 cm³/mol. The van der Waals surface area contributed by atoms with Gasteiger partial charge in [-0.25, -0.2) is 0 Å². The van der Waals surface area contributed by atoms with Crippen molar-refractivity contribution in [3.63, 3.8) is 0 Å². The molecule has 0 aliphatic heterocycles. The van der Waals surface area contributed by atoms with E-state index in [1.807, 2.05) is 0 Å². The van der Waals surface area contributed by atoms with Crippen LogP contribution in [0.1, 0.15) is 337 Å². The van der Waals surface area contributed by atoms with Gasteiger partial charge in [-0.15, -0.1) is 13.2 Å². The van der Waals surface area contributed by atoms with Crippen molar-refractivity contribution in [1.29, 1.82) is 0 Å². The first kappa shape index (κ1) is 75.9. The zero-order valence-corrected chi connectivity index (χ0v) is 49.0. The molecule has 0 radical (unpaired) electrons. The van der Waals surface area contributed by atoms with Crippen LogP contribution in [0, 0.1) is 23.2 Å². The Kier molecular flexibility index (Phi) is 64.2. The van der Waals surface area contributed by atoms with Gasteiger partial charge in [0.15, 0.2) is 0 Å². The third-order valence-electron chi connectivity index (χ3n) is 14.2. The summed E-state index contributed by atoms with van der Waals surface area (Å²) in [6.45, 7) is 20.5. The maximum absolute atomic E-state index is 11.6. The van der Waals surface area contributed by atoms with Crippen molar-refractivity contribution in [3.8, 4) is 0 Å². The highest BCUT2D eigenvalue weighted by Crippen LogP contribution is 2.22. The molecule has 0 rings (SSSR count). The number of allylic oxidation sites excluding steroid dienone is 2. The lowest BCUT2D eigenvalue weighted by Crippen LogP contribution is -2.22. The zero-order chi connectivity index (χ0) is 54.8. The van der Waals surface area contributed by atoms with Gasteiger partial charge in [-0.2, -0.15) is 0 Å². The molecule has 0 heterocycles. The summed E-state index contributed by atoms with van der Waals surface area (Å²) in [6, 6.07) is 0. The largest absolute Gasteiger partial charge is 0.481 e. The molecule has 8 heteroatoms. The van der Waals surface area contributed by atoms with Crippen LogP contribution in [0.2, 0.25) is 0 Å². The molecule has 428 valence electrons. The normalized spacial score (nSPS) is 11.8. The Morgan fingerprint density at radius 3 is 0.764 bits per heavy atom. The molecule has 0 aliphatic rings. The Labute approximate surface area is 447 Å². The fraction of sp³-hybridized carbons (Fsp3) is 0.875. The van der Waals surface area contributed by atoms with Gasteiger partial charge in [0.1, 0.15) is 0 Å². The number of carboxylic acid groups (broad SMARTS) is 4. The molecule has 72 heavy (non-hydrogen) atoms. The van der Waals surface area contributed by atoms with Crippen molar-refractivity contribution < 1.29 is 39.6 Å². The average Bonchev–Trinajstić information content (AvgIpc) is 3.34. The van der Waals surface area contributed by atoms with Crippen molar-refractivity contribution in [2.45, 2.75) is 337 Å². The third-order valence-corrected chi connectivity index (χ3v) is 14.2. The maximum Gasteiger partial charge on any atom is 0.309 e. The lowest BCUT2D eigenvalue weighted by Gasteiger charge is -2.15. The standard InChI is InChI=1S/C34H68O2.C17H34O2.C7H12O2.C6H10O2/c1-3-5-7-9-11-13-15-17-19-21-23-25-27-29-31-33(34(35)36)32-30-28-26-24-22-20-18-16-14-12-10-8-6-4-2;1-3-4-5-6-7-8-9-10-11-12-13-14-15-16(2)17(18)19;1-4-5-7(2,3)6(8)9;1-3-4-5(2)6(7)8/h33H,3-32H2,1-2H3,(H,35,36);16H,3-15H2,1-2H3,(H,18,19);4H,1,5H2,2-3H3,(H,8,9);3,5H,1,4H2,2H3,(H,7,8). The fourth-order valence-electron chi connectivity index (χ4n) is 8.78. The zero-order valence-electron chi connectivity index (χ0n) is 49.0. The van der Waals surface area contributed by atoms with Gasteiger partial charge in [-0.3, -0.25) is 19.2 Å². The van der Waals surface area contributed by atoms with E-state index in [4.69, 9.17) is 15.3 Å². The molecule has 0 fully saturated rings. The molecule has 4 N–H and O–H groups in total. The number of rotatable bonds is 51. The maximum atomic E-state index is 11.6. The van der Waals surface area contributed by atoms with Crippen LogP contribution in [-0.2, 0) is 19.2 Å². The van der Waals surface area contributed by atoms with Gasteiger partial charge >= 0.3 is 23.9 Å². The Hall–Kier alpha value is -2.64. The minimum atomic E-state index is -0.776. The van der Waals surface area contributed by atoms with E-state index in [1.165, 1.54) is 238 Å². The first-order valence-electron chi connectivity index (χ1n) is 30.7. The minimum Gasteiger partial charge on any atom is -0.481 e. The SMILES string of the molecule is C=CCC(C)(C)C(=O)O.C=CCC(C)C(=O)O.CCCCCCCCCCCCCCC(C)C(=O)O.CCCCCCCCCCCCCCCCC(CCCCCCCCCCCCCCCC)C(=O)O. The second-order valence-corrected chi connectivity index (χ2v) is 22.2. The monoisotopic (exact) mass is 1020 g/mol. The molecule has 0 aliphatic carbocycles. The lowest BCUT2D eigenvalue weighted by atomic mass is 9.90. The van der Waals surface area contributed by atoms with Gasteiger partial charge in [-0.1, -0.05) is 304 Å². The number of hydrogen-bond acceptors (Lipinski definition) is 4. The van der Waals surface area contributed by atoms with Crippen molar-refractivity contribution in [1.82, 2.24) is 0 Å². The van der Waals surface area contributed by atoms with Crippen LogP contribution in [0.25, 0.3) is 0 Å². The van der Waals surface area contributed by atoms with E-state index in [1.54, 1.807) is 39.8 Å². The average molecular weight is 1020 g/mol. The van der Waals surface area contributed by atoms with Crippen molar-refractivity contribution >= 4 is 23.9 Å². The summed E-state index contributed by atoms with van der Waals surface area (Å²) in [5, 5.41) is 35.1. The fourth-order valence-corrected chi connectivity index (χ4v) is 8.78. The molecule has 8 nitrogen and oxygen atoms in total. The highest BCUT2D eigenvalue weighted by Gasteiger charge is 2.24. The summed E-state index contributed by atoms with van der Waals surface area (Å²) in [5.41, 5.74) is -0.651. The van der Waals surface area contributed by atoms with Crippen molar-refractivity contribution in [2.75, 3.05) is 0 Å². The van der Waals surface area contributed by atoms with Crippen LogP contribution in [0.15, 0.2) is 25.3 Å². The van der Waals surface area contributed by atoms with Crippen LogP contribution >= 0.6 is 0 Å². The molecule has 0 saturated heterocycles. The van der Waals surface area contributed by atoms with Crippen LogP contribution in [0.5, 0.6) is 0 Å². The molecule has 2 unspecified atom stereocenters. The van der Waals surface area contributed by atoms with Crippen molar-refractivity contribution in [2.24, 2.45) is 23.2 Å². The summed E-state index contributed by atoms with van der Waals surface area (Å²) in [4.78, 5) is 42.7. The molecule has 0 aromatic rings. The number of unbranched alkanes of at least 4 members (excludes halogenated alkanes) is 37. The van der Waals surface area contributed by atoms with E-state index in [2.05, 4.69) is 33.9 Å². The minimum absolute atomic E-state index is 0.0975. The number of carboxylic acids is 4. The third kappa shape index (κ3) is 63.5. The van der Waals surface area contributed by atoms with Crippen LogP contribution in [0.3, 0.4) is 0 Å². The molecule has 0 spiro atoms. The topological polar surface area (TPSA) is 149 Å². The number of carbonyl (C=O) groups is 4. The summed E-state index contributed by atoms with van der Waals surface area (Å²) < 4.78 is 0. The molecule has 0 bridgehead atoms. The molecule has 0 aromatic heterocycles.